The van der Waals surface area contributed by atoms with Crippen LogP contribution in [0.15, 0.2) is 12.3 Å². The third-order valence-electron chi connectivity index (χ3n) is 4.10. The Labute approximate surface area is 138 Å². The normalized spacial score (nSPS) is 21.3. The highest BCUT2D eigenvalue weighted by molar-refractivity contribution is 6.62. The summed E-state index contributed by atoms with van der Waals surface area (Å²) in [6, 6.07) is 1.44. The second kappa shape index (κ2) is 5.83. The van der Waals surface area contributed by atoms with Crippen molar-refractivity contribution in [1.82, 2.24) is 4.98 Å². The minimum atomic E-state index is -4.49. The second-order valence-electron chi connectivity index (χ2n) is 6.45. The summed E-state index contributed by atoms with van der Waals surface area (Å²) in [7, 11) is -0.695. The van der Waals surface area contributed by atoms with Gasteiger partial charge in [0.1, 0.15) is 5.02 Å². The first-order valence-corrected chi connectivity index (χ1v) is 7.46. The molecular weight excluding hydrogens is 333 g/mol. The van der Waals surface area contributed by atoms with Crippen LogP contribution in [0, 0.1) is 0 Å². The quantitative estimate of drug-likeness (QED) is 0.783. The minimum Gasteiger partial charge on any atom is -0.464 e. The van der Waals surface area contributed by atoms with Crippen molar-refractivity contribution in [3.05, 3.63) is 17.3 Å². The van der Waals surface area contributed by atoms with Crippen molar-refractivity contribution >= 4 is 24.2 Å². The smallest absolute Gasteiger partial charge is 0.464 e. The summed E-state index contributed by atoms with van der Waals surface area (Å²) in [5, 5.41) is -0.0340. The lowest BCUT2D eigenvalue weighted by molar-refractivity contribution is -0.189. The highest BCUT2D eigenvalue weighted by Crippen LogP contribution is 2.37. The molecule has 1 aliphatic heterocycles. The van der Waals surface area contributed by atoms with Crippen LogP contribution in [0.3, 0.4) is 0 Å². The molecule has 0 amide bonds. The topological polar surface area (TPSA) is 40.6 Å². The molecule has 128 valence electrons. The van der Waals surface area contributed by atoms with Crippen LogP contribution >= 0.6 is 11.6 Å². The molecule has 4 nitrogen and oxygen atoms in total. The third kappa shape index (κ3) is 3.75. The Hall–Kier alpha value is -0.985. The minimum absolute atomic E-state index is 0.0340. The lowest BCUT2D eigenvalue weighted by Gasteiger charge is -2.32. The van der Waals surface area contributed by atoms with Gasteiger partial charge in [0.25, 0.3) is 0 Å². The average Bonchev–Trinajstić information content (AvgIpc) is 2.59. The van der Waals surface area contributed by atoms with Crippen molar-refractivity contribution in [3.63, 3.8) is 0 Å². The predicted molar refractivity (Wildman–Crippen MR) is 81.1 cm³/mol. The number of hydrogen-bond donors (Lipinski definition) is 0. The van der Waals surface area contributed by atoms with E-state index in [-0.39, 0.29) is 10.9 Å². The van der Waals surface area contributed by atoms with Gasteiger partial charge in [0.15, 0.2) is 6.10 Å². The van der Waals surface area contributed by atoms with Crippen LogP contribution in [0.4, 0.5) is 13.2 Å². The third-order valence-corrected chi connectivity index (χ3v) is 4.37. The highest BCUT2D eigenvalue weighted by Gasteiger charge is 2.52. The monoisotopic (exact) mass is 351 g/mol. The molecule has 23 heavy (non-hydrogen) atoms. The first-order valence-electron chi connectivity index (χ1n) is 7.08. The molecule has 0 spiro atoms. The van der Waals surface area contributed by atoms with Gasteiger partial charge in [-0.05, 0) is 40.7 Å². The van der Waals surface area contributed by atoms with E-state index < -0.39 is 30.6 Å². The Balaban J connectivity index is 2.18. The van der Waals surface area contributed by atoms with Gasteiger partial charge in [-0.1, -0.05) is 11.6 Å². The predicted octanol–water partition coefficient (Wildman–Crippen LogP) is 3.36. The molecule has 2 heterocycles. The van der Waals surface area contributed by atoms with Crippen LogP contribution < -0.4 is 10.2 Å². The fourth-order valence-electron chi connectivity index (χ4n) is 1.87. The van der Waals surface area contributed by atoms with E-state index in [0.29, 0.717) is 5.46 Å². The lowest BCUT2D eigenvalue weighted by atomic mass is 9.80. The van der Waals surface area contributed by atoms with Gasteiger partial charge in [-0.2, -0.15) is 13.2 Å². The van der Waals surface area contributed by atoms with Gasteiger partial charge >= 0.3 is 13.3 Å². The number of alkyl halides is 3. The lowest BCUT2D eigenvalue weighted by Crippen LogP contribution is -2.41. The van der Waals surface area contributed by atoms with E-state index >= 15 is 0 Å². The van der Waals surface area contributed by atoms with Crippen LogP contribution in [0.1, 0.15) is 34.6 Å². The van der Waals surface area contributed by atoms with Crippen LogP contribution in [-0.4, -0.2) is 35.6 Å². The average molecular weight is 352 g/mol. The molecule has 1 saturated heterocycles. The summed E-state index contributed by atoms with van der Waals surface area (Å²) in [6.07, 6.45) is -5.16. The van der Waals surface area contributed by atoms with E-state index in [1.54, 1.807) is 0 Å². The first-order chi connectivity index (χ1) is 10.3. The molecule has 0 radical (unpaired) electrons. The molecule has 1 unspecified atom stereocenters. The van der Waals surface area contributed by atoms with E-state index in [2.05, 4.69) is 4.98 Å². The Bertz CT molecular complexity index is 579. The summed E-state index contributed by atoms with van der Waals surface area (Å²) < 4.78 is 54.0. The van der Waals surface area contributed by atoms with Crippen molar-refractivity contribution in [2.75, 3.05) is 0 Å². The zero-order valence-corrected chi connectivity index (χ0v) is 14.2. The van der Waals surface area contributed by atoms with Crippen LogP contribution in [-0.2, 0) is 9.31 Å². The zero-order chi connectivity index (χ0) is 17.6. The Morgan fingerprint density at radius 2 is 1.74 bits per heavy atom. The molecule has 0 saturated carbocycles. The molecule has 1 aliphatic rings. The summed E-state index contributed by atoms with van der Waals surface area (Å²) in [4.78, 5) is 3.86. The number of rotatable bonds is 3. The number of pyridine rings is 1. The number of ether oxygens (including phenoxy) is 1. The van der Waals surface area contributed by atoms with E-state index in [0.717, 1.165) is 6.92 Å². The van der Waals surface area contributed by atoms with Gasteiger partial charge in [-0.25, -0.2) is 4.98 Å². The van der Waals surface area contributed by atoms with Crippen LogP contribution in [0.2, 0.25) is 5.02 Å². The molecule has 2 rings (SSSR count). The fourth-order valence-corrected chi connectivity index (χ4v) is 2.09. The number of aromatic nitrogens is 1. The van der Waals surface area contributed by atoms with Gasteiger partial charge in [0.2, 0.25) is 5.88 Å². The summed E-state index contributed by atoms with van der Waals surface area (Å²) in [5.74, 6) is -0.281. The van der Waals surface area contributed by atoms with Gasteiger partial charge in [0.05, 0.1) is 11.2 Å². The Kier molecular flexibility index (Phi) is 4.65. The Morgan fingerprint density at radius 1 is 1.22 bits per heavy atom. The maximum Gasteiger partial charge on any atom is 0.496 e. The molecule has 0 aromatic carbocycles. The van der Waals surface area contributed by atoms with Gasteiger partial charge in [-0.15, -0.1) is 0 Å². The van der Waals surface area contributed by atoms with E-state index in [1.165, 1.54) is 12.3 Å². The molecule has 1 aromatic heterocycles. The molecule has 1 atom stereocenters. The summed E-state index contributed by atoms with van der Waals surface area (Å²) in [5.41, 5.74) is -0.561. The fraction of sp³-hybridized carbons (Fsp3) is 0.643. The van der Waals surface area contributed by atoms with Crippen molar-refractivity contribution in [3.8, 4) is 5.88 Å². The highest BCUT2D eigenvalue weighted by atomic mass is 35.5. The molecule has 1 aromatic rings. The van der Waals surface area contributed by atoms with E-state index in [4.69, 9.17) is 25.6 Å². The maximum absolute atomic E-state index is 12.5. The van der Waals surface area contributed by atoms with E-state index in [9.17, 15) is 13.2 Å². The SMILES string of the molecule is CC(Oc1ncc(B2OC(C)(C)C(C)(C)O2)cc1Cl)C(F)(F)F. The largest absolute Gasteiger partial charge is 0.496 e. The van der Waals surface area contributed by atoms with Crippen LogP contribution in [0.25, 0.3) is 0 Å². The second-order valence-corrected chi connectivity index (χ2v) is 6.85. The van der Waals surface area contributed by atoms with Gasteiger partial charge < -0.3 is 14.0 Å². The zero-order valence-electron chi connectivity index (χ0n) is 13.5. The molecular formula is C14H18BClF3NO3. The van der Waals surface area contributed by atoms with Crippen LogP contribution in [0.5, 0.6) is 5.88 Å². The van der Waals surface area contributed by atoms with Crippen molar-refractivity contribution in [1.29, 1.82) is 0 Å². The number of halogens is 4. The van der Waals surface area contributed by atoms with Gasteiger partial charge in [-0.3, -0.25) is 0 Å². The first kappa shape index (κ1) is 18.4. The number of hydrogen-bond acceptors (Lipinski definition) is 4. The summed E-state index contributed by atoms with van der Waals surface area (Å²) >= 11 is 5.98. The molecule has 1 fully saturated rings. The molecule has 9 heteroatoms. The van der Waals surface area contributed by atoms with Crippen molar-refractivity contribution in [2.45, 2.75) is 58.1 Å². The molecule has 0 aliphatic carbocycles. The number of nitrogens with zero attached hydrogens (tertiary/aromatic N) is 1. The van der Waals surface area contributed by atoms with Gasteiger partial charge in [0, 0.05) is 11.7 Å². The maximum atomic E-state index is 12.5. The summed E-state index contributed by atoms with van der Waals surface area (Å²) in [6.45, 7) is 8.46. The molecule has 0 N–H and O–H groups in total. The van der Waals surface area contributed by atoms with E-state index in [1.807, 2.05) is 27.7 Å². The van der Waals surface area contributed by atoms with Crippen molar-refractivity contribution in [2.24, 2.45) is 0 Å². The standard InChI is InChI=1S/C14H18BClF3NO3/c1-8(14(17,18)19)21-11-10(16)6-9(7-20-11)15-22-12(2,3)13(4,5)23-15/h6-8H,1-5H3. The Morgan fingerprint density at radius 3 is 2.17 bits per heavy atom. The van der Waals surface area contributed by atoms with Crippen molar-refractivity contribution < 1.29 is 27.2 Å². The molecule has 0 bridgehead atoms.